The number of hydrogen-bond donors (Lipinski definition) is 1. The van der Waals surface area contributed by atoms with Crippen LogP contribution >= 0.6 is 0 Å². The molecule has 0 radical (unpaired) electrons. The summed E-state index contributed by atoms with van der Waals surface area (Å²) in [6.07, 6.45) is 1.61. The van der Waals surface area contributed by atoms with Gasteiger partial charge in [-0.05, 0) is 48.5 Å². The van der Waals surface area contributed by atoms with Crippen LogP contribution in [-0.2, 0) is 0 Å². The minimum atomic E-state index is -0.179. The summed E-state index contributed by atoms with van der Waals surface area (Å²) in [4.78, 5) is 13.0. The second-order valence-corrected chi connectivity index (χ2v) is 6.72. The number of Topliss-reactive ketones (excluding diaryl/α,β-unsaturated/α-hetero) is 1. The Bertz CT molecular complexity index is 1230. The largest absolute Gasteiger partial charge is 0.485 e. The number of anilines is 2. The smallest absolute Gasteiger partial charge is 0.204 e. The van der Waals surface area contributed by atoms with Crippen LogP contribution in [-0.4, -0.2) is 22.6 Å². The number of para-hydroxylation sites is 4. The Morgan fingerprint density at radius 2 is 1.73 bits per heavy atom. The summed E-state index contributed by atoms with van der Waals surface area (Å²) in [5.74, 6) is 1.58. The zero-order chi connectivity index (χ0) is 20.3. The van der Waals surface area contributed by atoms with Crippen LogP contribution in [0.2, 0.25) is 0 Å². The molecule has 6 heteroatoms. The molecular formula is C24H17N3O3. The number of ketones is 1. The van der Waals surface area contributed by atoms with Crippen LogP contribution < -0.4 is 14.8 Å². The van der Waals surface area contributed by atoms with Gasteiger partial charge in [-0.15, -0.1) is 0 Å². The Kier molecular flexibility index (Phi) is 4.57. The van der Waals surface area contributed by atoms with Crippen LogP contribution in [0, 0.1) is 0 Å². The molecule has 0 amide bonds. The maximum Gasteiger partial charge on any atom is 0.204 e. The highest BCUT2D eigenvalue weighted by Crippen LogP contribution is 2.43. The molecule has 4 aromatic rings. The van der Waals surface area contributed by atoms with E-state index in [1.165, 1.54) is 0 Å². The van der Waals surface area contributed by atoms with Gasteiger partial charge in [-0.2, -0.15) is 10.2 Å². The van der Waals surface area contributed by atoms with Crippen molar-refractivity contribution in [3.63, 3.8) is 0 Å². The number of rotatable bonds is 5. The highest BCUT2D eigenvalue weighted by atomic mass is 16.5. The van der Waals surface area contributed by atoms with Gasteiger partial charge in [0.15, 0.2) is 18.1 Å². The van der Waals surface area contributed by atoms with Crippen LogP contribution in [0.15, 0.2) is 85.1 Å². The van der Waals surface area contributed by atoms with E-state index in [2.05, 4.69) is 15.5 Å². The van der Waals surface area contributed by atoms with E-state index in [1.54, 1.807) is 12.3 Å². The molecular weight excluding hydrogens is 378 g/mol. The summed E-state index contributed by atoms with van der Waals surface area (Å²) >= 11 is 0. The predicted octanol–water partition coefficient (Wildman–Crippen LogP) is 5.25. The van der Waals surface area contributed by atoms with E-state index in [0.717, 1.165) is 16.9 Å². The molecule has 0 aliphatic carbocycles. The Morgan fingerprint density at radius 1 is 0.900 bits per heavy atom. The van der Waals surface area contributed by atoms with Crippen molar-refractivity contribution in [3.05, 3.63) is 90.6 Å². The molecule has 0 unspecified atom stereocenters. The highest BCUT2D eigenvalue weighted by Gasteiger charge is 2.23. The van der Waals surface area contributed by atoms with Gasteiger partial charge in [0.25, 0.3) is 0 Å². The summed E-state index contributed by atoms with van der Waals surface area (Å²) in [7, 11) is 0. The summed E-state index contributed by atoms with van der Waals surface area (Å²) in [5, 5.41) is 11.4. The number of nitrogens with zero attached hydrogens (tertiary/aromatic N) is 2. The average Bonchev–Trinajstić information content (AvgIpc) is 2.81. The third kappa shape index (κ3) is 3.35. The molecule has 0 saturated carbocycles. The molecule has 5 rings (SSSR count). The van der Waals surface area contributed by atoms with E-state index >= 15 is 0 Å². The SMILES string of the molecule is O=C(COc1ccccc1-c1cccnn1)c1cccc2c1Oc1ccccc1N2. The molecule has 1 N–H and O–H groups in total. The first kappa shape index (κ1) is 17.9. The molecule has 1 aliphatic heterocycles. The molecule has 1 aromatic heterocycles. The number of carbonyl (C=O) groups excluding carboxylic acids is 1. The van der Waals surface area contributed by atoms with Gasteiger partial charge in [0.1, 0.15) is 5.75 Å². The van der Waals surface area contributed by atoms with Gasteiger partial charge in [-0.3, -0.25) is 4.79 Å². The topological polar surface area (TPSA) is 73.3 Å². The van der Waals surface area contributed by atoms with Crippen molar-refractivity contribution in [1.29, 1.82) is 0 Å². The van der Waals surface area contributed by atoms with Crippen molar-refractivity contribution >= 4 is 17.2 Å². The maximum absolute atomic E-state index is 13.0. The normalized spacial score (nSPS) is 11.5. The fraction of sp³-hybridized carbons (Fsp3) is 0.0417. The van der Waals surface area contributed by atoms with E-state index in [4.69, 9.17) is 9.47 Å². The van der Waals surface area contributed by atoms with Crippen LogP contribution in [0.25, 0.3) is 11.3 Å². The van der Waals surface area contributed by atoms with Crippen LogP contribution in [0.3, 0.4) is 0 Å². The molecule has 146 valence electrons. The monoisotopic (exact) mass is 395 g/mol. The quantitative estimate of drug-likeness (QED) is 0.410. The number of fused-ring (bicyclic) bond motifs is 2. The van der Waals surface area contributed by atoms with Crippen molar-refractivity contribution < 1.29 is 14.3 Å². The summed E-state index contributed by atoms with van der Waals surface area (Å²) in [5.41, 5.74) is 3.54. The van der Waals surface area contributed by atoms with Crippen molar-refractivity contribution in [1.82, 2.24) is 10.2 Å². The number of ether oxygens (including phenoxy) is 2. The number of nitrogens with one attached hydrogen (secondary N) is 1. The minimum Gasteiger partial charge on any atom is -0.485 e. The average molecular weight is 395 g/mol. The van der Waals surface area contributed by atoms with Crippen LogP contribution in [0.1, 0.15) is 10.4 Å². The van der Waals surface area contributed by atoms with Gasteiger partial charge in [0, 0.05) is 11.8 Å². The number of benzene rings is 3. The molecule has 30 heavy (non-hydrogen) atoms. The van der Waals surface area contributed by atoms with Gasteiger partial charge in [-0.1, -0.05) is 30.3 Å². The molecule has 0 saturated heterocycles. The summed E-state index contributed by atoms with van der Waals surface area (Å²) < 4.78 is 11.9. The van der Waals surface area contributed by atoms with E-state index in [9.17, 15) is 4.79 Å². The fourth-order valence-electron chi connectivity index (χ4n) is 3.35. The molecule has 0 spiro atoms. The highest BCUT2D eigenvalue weighted by molar-refractivity contribution is 6.02. The zero-order valence-electron chi connectivity index (χ0n) is 15.9. The third-order valence-corrected chi connectivity index (χ3v) is 4.78. The number of carbonyl (C=O) groups is 1. The molecule has 0 bridgehead atoms. The van der Waals surface area contributed by atoms with E-state index in [0.29, 0.717) is 28.5 Å². The lowest BCUT2D eigenvalue weighted by molar-refractivity contribution is 0.0919. The summed E-state index contributed by atoms with van der Waals surface area (Å²) in [6.45, 7) is -0.126. The minimum absolute atomic E-state index is 0.126. The summed E-state index contributed by atoms with van der Waals surface area (Å²) in [6, 6.07) is 24.2. The second kappa shape index (κ2) is 7.67. The van der Waals surface area contributed by atoms with Gasteiger partial charge in [0.05, 0.1) is 22.6 Å². The molecule has 6 nitrogen and oxygen atoms in total. The lowest BCUT2D eigenvalue weighted by atomic mass is 10.1. The zero-order valence-corrected chi connectivity index (χ0v) is 15.9. The van der Waals surface area contributed by atoms with Gasteiger partial charge in [-0.25, -0.2) is 0 Å². The molecule has 0 fully saturated rings. The Hall–Kier alpha value is -4.19. The van der Waals surface area contributed by atoms with E-state index < -0.39 is 0 Å². The Balaban J connectivity index is 1.39. The van der Waals surface area contributed by atoms with Crippen molar-refractivity contribution in [2.75, 3.05) is 11.9 Å². The lowest BCUT2D eigenvalue weighted by Crippen LogP contribution is -2.15. The van der Waals surface area contributed by atoms with Crippen molar-refractivity contribution in [2.45, 2.75) is 0 Å². The Morgan fingerprint density at radius 3 is 2.63 bits per heavy atom. The van der Waals surface area contributed by atoms with Crippen molar-refractivity contribution in [3.8, 4) is 28.5 Å². The molecule has 2 heterocycles. The standard InChI is InChI=1S/C24H17N3O3/c28-21(15-29-22-12-3-1-7-16(22)18-11-6-14-25-27-18)17-8-5-10-20-24(17)30-23-13-4-2-9-19(23)26-20/h1-14,26H,15H2. The lowest BCUT2D eigenvalue weighted by Gasteiger charge is -2.23. The van der Waals surface area contributed by atoms with Crippen LogP contribution in [0.5, 0.6) is 17.2 Å². The van der Waals surface area contributed by atoms with Gasteiger partial charge in [0.2, 0.25) is 5.78 Å². The van der Waals surface area contributed by atoms with Gasteiger partial charge < -0.3 is 14.8 Å². The first-order valence-electron chi connectivity index (χ1n) is 9.49. The van der Waals surface area contributed by atoms with Gasteiger partial charge >= 0.3 is 0 Å². The Labute approximate surface area is 173 Å². The molecule has 3 aromatic carbocycles. The van der Waals surface area contributed by atoms with E-state index in [-0.39, 0.29) is 12.4 Å². The predicted molar refractivity (Wildman–Crippen MR) is 114 cm³/mol. The first-order chi connectivity index (χ1) is 14.8. The maximum atomic E-state index is 13.0. The molecule has 1 aliphatic rings. The third-order valence-electron chi connectivity index (χ3n) is 4.78. The number of hydrogen-bond acceptors (Lipinski definition) is 6. The first-order valence-corrected chi connectivity index (χ1v) is 9.49. The van der Waals surface area contributed by atoms with Crippen LogP contribution in [0.4, 0.5) is 11.4 Å². The van der Waals surface area contributed by atoms with E-state index in [1.807, 2.05) is 72.8 Å². The second-order valence-electron chi connectivity index (χ2n) is 6.72. The fourth-order valence-corrected chi connectivity index (χ4v) is 3.35. The number of aromatic nitrogens is 2. The molecule has 0 atom stereocenters. The van der Waals surface area contributed by atoms with Crippen molar-refractivity contribution in [2.24, 2.45) is 0 Å².